The third kappa shape index (κ3) is 3.28. The Morgan fingerprint density at radius 2 is 2.19 bits per heavy atom. The maximum absolute atomic E-state index is 5.87. The Bertz CT molecular complexity index is 770. The number of hydrogen-bond donors (Lipinski definition) is 1. The van der Waals surface area contributed by atoms with E-state index in [-0.39, 0.29) is 0 Å². The summed E-state index contributed by atoms with van der Waals surface area (Å²) in [4.78, 5) is 15.7. The first-order chi connectivity index (χ1) is 10.2. The number of fused-ring (bicyclic) bond motifs is 1. The van der Waals surface area contributed by atoms with E-state index < -0.39 is 0 Å². The molecule has 1 N–H and O–H groups in total. The molecule has 3 heterocycles. The van der Waals surface area contributed by atoms with Crippen LogP contribution in [-0.2, 0) is 0 Å². The number of halogens is 1. The zero-order valence-electron chi connectivity index (χ0n) is 11.6. The van der Waals surface area contributed by atoms with Gasteiger partial charge in [0.2, 0.25) is 5.95 Å². The van der Waals surface area contributed by atoms with E-state index in [1.807, 2.05) is 19.1 Å². The summed E-state index contributed by atoms with van der Waals surface area (Å²) in [6, 6.07) is 5.85. The Kier molecular flexibility index (Phi) is 4.28. The van der Waals surface area contributed by atoms with Gasteiger partial charge >= 0.3 is 0 Å². The molecule has 0 spiro atoms. The van der Waals surface area contributed by atoms with E-state index >= 15 is 0 Å². The highest BCUT2D eigenvalue weighted by atomic mass is 35.5. The summed E-state index contributed by atoms with van der Waals surface area (Å²) < 4.78 is 0. The Balaban J connectivity index is 2.04. The highest BCUT2D eigenvalue weighted by Gasteiger charge is 2.12. The fourth-order valence-corrected chi connectivity index (χ4v) is 3.75. The van der Waals surface area contributed by atoms with Crippen molar-refractivity contribution in [2.45, 2.75) is 23.9 Å². The first kappa shape index (κ1) is 14.6. The second-order valence-electron chi connectivity index (χ2n) is 4.38. The lowest BCUT2D eigenvalue weighted by Crippen LogP contribution is -2.02. The number of pyridine rings is 1. The number of thiophene rings is 1. The van der Waals surface area contributed by atoms with Crippen LogP contribution in [0.25, 0.3) is 10.2 Å². The second-order valence-corrected chi connectivity index (χ2v) is 7.06. The molecule has 0 aromatic carbocycles. The Morgan fingerprint density at radius 1 is 1.33 bits per heavy atom. The number of aryl methyl sites for hydroxylation is 1. The van der Waals surface area contributed by atoms with E-state index in [9.17, 15) is 0 Å². The SMILES string of the molecule is CCNc1nc(Sc2ccc(Cl)cn2)c2cc(C)sc2n1. The lowest BCUT2D eigenvalue weighted by Gasteiger charge is -2.06. The first-order valence-electron chi connectivity index (χ1n) is 6.47. The molecule has 0 atom stereocenters. The number of rotatable bonds is 4. The van der Waals surface area contributed by atoms with Gasteiger partial charge in [-0.25, -0.2) is 15.0 Å². The molecule has 0 fully saturated rings. The van der Waals surface area contributed by atoms with Crippen LogP contribution in [-0.4, -0.2) is 21.5 Å². The molecule has 108 valence electrons. The van der Waals surface area contributed by atoms with Crippen molar-refractivity contribution in [3.05, 3.63) is 34.3 Å². The van der Waals surface area contributed by atoms with E-state index in [1.54, 1.807) is 17.5 Å². The van der Waals surface area contributed by atoms with Crippen LogP contribution in [0.1, 0.15) is 11.8 Å². The summed E-state index contributed by atoms with van der Waals surface area (Å²) in [6.07, 6.45) is 1.65. The van der Waals surface area contributed by atoms with Gasteiger partial charge in [-0.3, -0.25) is 0 Å². The molecule has 0 radical (unpaired) electrons. The highest BCUT2D eigenvalue weighted by molar-refractivity contribution is 7.99. The minimum atomic E-state index is 0.631. The topological polar surface area (TPSA) is 50.7 Å². The van der Waals surface area contributed by atoms with E-state index in [0.717, 1.165) is 26.8 Å². The van der Waals surface area contributed by atoms with E-state index in [4.69, 9.17) is 11.6 Å². The molecule has 0 saturated carbocycles. The number of aromatic nitrogens is 3. The summed E-state index contributed by atoms with van der Waals surface area (Å²) >= 11 is 9.07. The van der Waals surface area contributed by atoms with Crippen LogP contribution in [0.15, 0.2) is 34.4 Å². The monoisotopic (exact) mass is 336 g/mol. The minimum absolute atomic E-state index is 0.631. The predicted octanol–water partition coefficient (Wildman–Crippen LogP) is 4.63. The van der Waals surface area contributed by atoms with Crippen LogP contribution < -0.4 is 5.32 Å². The Hall–Kier alpha value is -1.37. The average molecular weight is 337 g/mol. The Morgan fingerprint density at radius 3 is 2.90 bits per heavy atom. The summed E-state index contributed by atoms with van der Waals surface area (Å²) in [5.41, 5.74) is 0. The van der Waals surface area contributed by atoms with Gasteiger partial charge in [0.1, 0.15) is 14.9 Å². The summed E-state index contributed by atoms with van der Waals surface area (Å²) in [5, 5.41) is 6.65. The zero-order valence-corrected chi connectivity index (χ0v) is 13.9. The van der Waals surface area contributed by atoms with Crippen LogP contribution in [0.3, 0.4) is 0 Å². The number of nitrogens with zero attached hydrogens (tertiary/aromatic N) is 3. The number of anilines is 1. The van der Waals surface area contributed by atoms with Crippen molar-refractivity contribution in [3.8, 4) is 0 Å². The smallest absolute Gasteiger partial charge is 0.225 e. The predicted molar refractivity (Wildman–Crippen MR) is 89.7 cm³/mol. The van der Waals surface area contributed by atoms with Gasteiger partial charge in [0.25, 0.3) is 0 Å². The standard InChI is InChI=1S/C14H13ClN4S2/c1-3-16-14-18-12-10(6-8(2)20-12)13(19-14)21-11-5-4-9(15)7-17-11/h4-7H,3H2,1-2H3,(H,16,18,19). The van der Waals surface area contributed by atoms with Crippen LogP contribution in [0.5, 0.6) is 0 Å². The quantitative estimate of drug-likeness (QED) is 0.704. The maximum atomic E-state index is 5.87. The molecule has 0 amide bonds. The molecular weight excluding hydrogens is 324 g/mol. The molecule has 0 aliphatic rings. The number of hydrogen-bond acceptors (Lipinski definition) is 6. The van der Waals surface area contributed by atoms with Crippen LogP contribution in [0, 0.1) is 6.92 Å². The summed E-state index contributed by atoms with van der Waals surface area (Å²) in [7, 11) is 0. The van der Waals surface area contributed by atoms with Crippen molar-refractivity contribution >= 4 is 50.9 Å². The molecule has 7 heteroatoms. The molecule has 0 bridgehead atoms. The maximum Gasteiger partial charge on any atom is 0.225 e. The molecule has 4 nitrogen and oxygen atoms in total. The van der Waals surface area contributed by atoms with Gasteiger partial charge in [0, 0.05) is 23.0 Å². The van der Waals surface area contributed by atoms with Gasteiger partial charge in [0.05, 0.1) is 5.02 Å². The molecule has 0 aliphatic heterocycles. The van der Waals surface area contributed by atoms with Crippen molar-refractivity contribution in [1.82, 2.24) is 15.0 Å². The molecule has 3 rings (SSSR count). The van der Waals surface area contributed by atoms with Gasteiger partial charge in [-0.05, 0) is 43.8 Å². The molecule has 0 unspecified atom stereocenters. The van der Waals surface area contributed by atoms with Crippen molar-refractivity contribution in [1.29, 1.82) is 0 Å². The van der Waals surface area contributed by atoms with E-state index in [0.29, 0.717) is 11.0 Å². The van der Waals surface area contributed by atoms with Crippen LogP contribution in [0.2, 0.25) is 5.02 Å². The van der Waals surface area contributed by atoms with Gasteiger partial charge in [-0.2, -0.15) is 0 Å². The molecular formula is C14H13ClN4S2. The molecule has 3 aromatic heterocycles. The van der Waals surface area contributed by atoms with Gasteiger partial charge < -0.3 is 5.32 Å². The first-order valence-corrected chi connectivity index (χ1v) is 8.48. The molecule has 21 heavy (non-hydrogen) atoms. The van der Waals surface area contributed by atoms with Crippen molar-refractivity contribution in [2.75, 3.05) is 11.9 Å². The van der Waals surface area contributed by atoms with Gasteiger partial charge in [0.15, 0.2) is 0 Å². The Labute approximate surface area is 136 Å². The third-order valence-corrected chi connectivity index (χ3v) is 4.84. The van der Waals surface area contributed by atoms with E-state index in [1.165, 1.54) is 16.6 Å². The van der Waals surface area contributed by atoms with Gasteiger partial charge in [-0.1, -0.05) is 11.6 Å². The largest absolute Gasteiger partial charge is 0.354 e. The lowest BCUT2D eigenvalue weighted by molar-refractivity contribution is 1.05. The van der Waals surface area contributed by atoms with Crippen molar-refractivity contribution in [3.63, 3.8) is 0 Å². The number of nitrogens with one attached hydrogen (secondary N) is 1. The molecule has 3 aromatic rings. The summed E-state index contributed by atoms with van der Waals surface area (Å²) in [6.45, 7) is 4.90. The second kappa shape index (κ2) is 6.17. The van der Waals surface area contributed by atoms with Crippen LogP contribution >= 0.6 is 34.7 Å². The molecule has 0 saturated heterocycles. The van der Waals surface area contributed by atoms with E-state index in [2.05, 4.69) is 33.3 Å². The van der Waals surface area contributed by atoms with Crippen molar-refractivity contribution < 1.29 is 0 Å². The lowest BCUT2D eigenvalue weighted by atomic mass is 10.4. The molecule has 0 aliphatic carbocycles. The third-order valence-electron chi connectivity index (χ3n) is 2.72. The average Bonchev–Trinajstić information content (AvgIpc) is 2.82. The van der Waals surface area contributed by atoms with Gasteiger partial charge in [-0.15, -0.1) is 11.3 Å². The highest BCUT2D eigenvalue weighted by Crippen LogP contribution is 2.35. The minimum Gasteiger partial charge on any atom is -0.354 e. The zero-order chi connectivity index (χ0) is 14.8. The fourth-order valence-electron chi connectivity index (χ4n) is 1.85. The van der Waals surface area contributed by atoms with Crippen LogP contribution in [0.4, 0.5) is 5.95 Å². The van der Waals surface area contributed by atoms with Crippen molar-refractivity contribution in [2.24, 2.45) is 0 Å². The fraction of sp³-hybridized carbons (Fsp3) is 0.214. The normalized spacial score (nSPS) is 11.0. The summed E-state index contributed by atoms with van der Waals surface area (Å²) in [5.74, 6) is 0.656.